The van der Waals surface area contributed by atoms with Crippen molar-refractivity contribution in [2.75, 3.05) is 39.5 Å². The molecule has 2 heterocycles. The topological polar surface area (TPSA) is 275 Å². The van der Waals surface area contributed by atoms with Gasteiger partial charge in [-0.05, 0) is 160 Å². The third-order valence-electron chi connectivity index (χ3n) is 19.2. The van der Waals surface area contributed by atoms with E-state index in [4.69, 9.17) is 37.9 Å². The molecule has 2 atom stereocenters. The number of benzene rings is 9. The Hall–Kier alpha value is -12.5. The molecule has 2 aliphatic heterocycles. The second kappa shape index (κ2) is 35.1. The maximum atomic E-state index is 16.3. The molecule has 9 aromatic carbocycles. The lowest BCUT2D eigenvalue weighted by Crippen LogP contribution is -2.54. The summed E-state index contributed by atoms with van der Waals surface area (Å²) in [6.45, 7) is 32.9. The number of imide groups is 2. The number of amides is 6. The van der Waals surface area contributed by atoms with E-state index in [2.05, 4.69) is 36.9 Å². The lowest BCUT2D eigenvalue weighted by Gasteiger charge is -2.36. The molecule has 0 aliphatic carbocycles. The van der Waals surface area contributed by atoms with Gasteiger partial charge in [-0.1, -0.05) is 116 Å². The fourth-order valence-corrected chi connectivity index (χ4v) is 13.7. The van der Waals surface area contributed by atoms with Crippen molar-refractivity contribution in [2.45, 2.75) is 133 Å². The number of esters is 4. The number of fused-ring (bicyclic) bond motifs is 2. The van der Waals surface area contributed by atoms with Gasteiger partial charge in [-0.15, -0.1) is 0 Å². The quantitative estimate of drug-likeness (QED) is 0.00922. The molecule has 0 saturated carbocycles. The predicted molar refractivity (Wildman–Crippen MR) is 426 cm³/mol. The molecule has 0 fully saturated rings. The molecule has 2 aliphatic rings. The van der Waals surface area contributed by atoms with Gasteiger partial charge in [0, 0.05) is 104 Å². The van der Waals surface area contributed by atoms with Crippen molar-refractivity contribution in [3.05, 3.63) is 214 Å². The number of rotatable bonds is 36. The van der Waals surface area contributed by atoms with Crippen LogP contribution in [0.2, 0.25) is 0 Å². The first kappa shape index (κ1) is 80.6. The van der Waals surface area contributed by atoms with Gasteiger partial charge in [0.05, 0.1) is 48.7 Å². The number of hydrogen-bond donors (Lipinski definition) is 2. The molecule has 580 valence electrons. The molecule has 2 unspecified atom stereocenters. The third-order valence-corrected chi connectivity index (χ3v) is 19.2. The van der Waals surface area contributed by atoms with Crippen molar-refractivity contribution >= 4 is 102 Å². The van der Waals surface area contributed by atoms with Gasteiger partial charge >= 0.3 is 23.9 Å². The number of nitrogens with zero attached hydrogens (tertiary/aromatic N) is 2. The molecular formula is C90H92N4O18. The summed E-state index contributed by atoms with van der Waals surface area (Å²) in [6.07, 6.45) is 2.46. The Morgan fingerprint density at radius 3 is 0.768 bits per heavy atom. The van der Waals surface area contributed by atoms with Gasteiger partial charge in [-0.3, -0.25) is 38.6 Å². The van der Waals surface area contributed by atoms with Crippen LogP contribution < -0.4 is 29.6 Å². The Balaban J connectivity index is 1.29. The Morgan fingerprint density at radius 2 is 0.571 bits per heavy atom. The van der Waals surface area contributed by atoms with Gasteiger partial charge in [0.15, 0.2) is 0 Å². The summed E-state index contributed by atoms with van der Waals surface area (Å²) in [6, 6.07) is 31.2. The van der Waals surface area contributed by atoms with E-state index in [1.54, 1.807) is 125 Å². The van der Waals surface area contributed by atoms with Crippen LogP contribution in [0.1, 0.15) is 159 Å². The van der Waals surface area contributed by atoms with Crippen LogP contribution in [-0.4, -0.2) is 121 Å². The molecule has 0 aromatic heterocycles. The van der Waals surface area contributed by atoms with Crippen molar-refractivity contribution in [2.24, 2.45) is 11.8 Å². The summed E-state index contributed by atoms with van der Waals surface area (Å²) in [4.78, 5) is 147. The summed E-state index contributed by atoms with van der Waals surface area (Å²) in [7, 11) is 0. The van der Waals surface area contributed by atoms with Crippen LogP contribution in [0.25, 0.3) is 43.1 Å². The molecule has 11 rings (SSSR count). The van der Waals surface area contributed by atoms with Gasteiger partial charge in [0.2, 0.25) is 11.8 Å². The van der Waals surface area contributed by atoms with Crippen molar-refractivity contribution in [1.29, 1.82) is 0 Å². The average Bonchev–Trinajstić information content (AvgIpc) is 0.670. The van der Waals surface area contributed by atoms with Gasteiger partial charge < -0.3 is 48.5 Å². The fourth-order valence-electron chi connectivity index (χ4n) is 13.7. The first-order valence-corrected chi connectivity index (χ1v) is 37.6. The van der Waals surface area contributed by atoms with Crippen LogP contribution >= 0.6 is 0 Å². The molecule has 22 nitrogen and oxygen atoms in total. The number of ether oxygens (including phenoxy) is 8. The van der Waals surface area contributed by atoms with Crippen LogP contribution in [0.15, 0.2) is 170 Å². The first-order chi connectivity index (χ1) is 53.6. The minimum absolute atomic E-state index is 0.0206. The molecule has 0 bridgehead atoms. The molecule has 2 N–H and O–H groups in total. The van der Waals surface area contributed by atoms with Gasteiger partial charge in [0.25, 0.3) is 23.6 Å². The second-order valence-corrected chi connectivity index (χ2v) is 29.2. The number of nitrogens with one attached hydrogen (secondary N) is 2. The molecule has 0 spiro atoms. The van der Waals surface area contributed by atoms with Crippen LogP contribution in [0.4, 0.5) is 0 Å². The second-order valence-electron chi connectivity index (χ2n) is 29.2. The van der Waals surface area contributed by atoms with E-state index in [1.807, 2.05) is 41.5 Å². The predicted octanol–water partition coefficient (Wildman–Crippen LogP) is 16.6. The standard InChI is InChI=1S/C90H92N4O18/c1-15-37-91-81(95)67(43-49(3)4)93-83(97)63-45-69(109-59-25-17-55(18-26-59)33-39-105-87(101)51(7)8)75-77-71(111-61-29-21-57(22-30-61)35-41-107-89(103)53(11)12)47-65-74-66(86(100)94(85(65)99)68(44-50(5)6)82(96)92-38-16-2)48-72(112-62-31-23-58(24-32-62)36-42-108-90(104)54(13)14)78(80(74)77)76-70(46-64(84(93)98)73(63)79(75)76)110-60-27-19-56(20-28-60)34-40-106-88(102)52(9)10/h17-32,45-50,67-68H,7,9,11,13,15-16,33-44H2,1-6,8,10,12,14H3,(H,91,95)(H,92,96). The molecule has 112 heavy (non-hydrogen) atoms. The summed E-state index contributed by atoms with van der Waals surface area (Å²) in [5.41, 5.74) is 3.71. The van der Waals surface area contributed by atoms with E-state index >= 15 is 19.2 Å². The van der Waals surface area contributed by atoms with Crippen LogP contribution in [-0.2, 0) is 73.4 Å². The summed E-state index contributed by atoms with van der Waals surface area (Å²) in [5.74, 6) is -6.27. The van der Waals surface area contributed by atoms with Crippen molar-refractivity contribution in [3.63, 3.8) is 0 Å². The van der Waals surface area contributed by atoms with Crippen LogP contribution in [0, 0.1) is 11.8 Å². The van der Waals surface area contributed by atoms with E-state index in [0.717, 1.165) is 32.1 Å². The highest BCUT2D eigenvalue weighted by Gasteiger charge is 2.47. The van der Waals surface area contributed by atoms with Crippen LogP contribution in [0.3, 0.4) is 0 Å². The smallest absolute Gasteiger partial charge is 0.333 e. The molecule has 0 saturated heterocycles. The third kappa shape index (κ3) is 17.6. The number of hydrogen-bond acceptors (Lipinski definition) is 18. The van der Waals surface area contributed by atoms with E-state index < -0.39 is 71.4 Å². The minimum atomic E-state index is -1.33. The highest BCUT2D eigenvalue weighted by Crippen LogP contribution is 2.58. The lowest BCUT2D eigenvalue weighted by molar-refractivity contribution is -0.139. The number of carbonyl (C=O) groups is 10. The van der Waals surface area contributed by atoms with Crippen molar-refractivity contribution in [3.8, 4) is 46.0 Å². The highest BCUT2D eigenvalue weighted by molar-refractivity contribution is 6.45. The van der Waals surface area contributed by atoms with Gasteiger partial charge in [-0.25, -0.2) is 19.2 Å². The zero-order valence-electron chi connectivity index (χ0n) is 64.8. The Morgan fingerprint density at radius 1 is 0.348 bits per heavy atom. The fraction of sp³-hybridized carbons (Fsp3) is 0.311. The van der Waals surface area contributed by atoms with Crippen molar-refractivity contribution in [1.82, 2.24) is 20.4 Å². The Bertz CT molecular complexity index is 4660. The van der Waals surface area contributed by atoms with Gasteiger partial charge in [0.1, 0.15) is 58.1 Å². The first-order valence-electron chi connectivity index (χ1n) is 37.6. The lowest BCUT2D eigenvalue weighted by atomic mass is 9.80. The summed E-state index contributed by atoms with van der Waals surface area (Å²) < 4.78 is 50.9. The average molecular weight is 1520 g/mol. The van der Waals surface area contributed by atoms with E-state index in [9.17, 15) is 28.8 Å². The largest absolute Gasteiger partial charge is 0.462 e. The monoisotopic (exact) mass is 1520 g/mol. The molecule has 6 amide bonds. The van der Waals surface area contributed by atoms with Crippen molar-refractivity contribution < 1.29 is 85.8 Å². The van der Waals surface area contributed by atoms with E-state index in [-0.39, 0.29) is 198 Å². The van der Waals surface area contributed by atoms with E-state index in [0.29, 0.717) is 38.5 Å². The summed E-state index contributed by atoms with van der Waals surface area (Å²) >= 11 is 0. The number of carbonyl (C=O) groups excluding carboxylic acids is 10. The Kier molecular flexibility index (Phi) is 25.2. The zero-order valence-corrected chi connectivity index (χ0v) is 64.8. The maximum Gasteiger partial charge on any atom is 0.333 e. The molecule has 22 heteroatoms. The zero-order chi connectivity index (χ0) is 80.5. The maximum absolute atomic E-state index is 16.3. The Labute approximate surface area is 650 Å². The van der Waals surface area contributed by atoms with Crippen LogP contribution in [0.5, 0.6) is 46.0 Å². The molecular weight excluding hydrogens is 1420 g/mol. The highest BCUT2D eigenvalue weighted by atomic mass is 16.5. The molecule has 9 aromatic rings. The van der Waals surface area contributed by atoms with E-state index in [1.165, 1.54) is 24.3 Å². The SMILES string of the molecule is C=C(C)C(=O)OCCc1ccc(Oc2cc3c4c(cc(Oc5ccc(CCOC(=O)C(=C)C)cc5)c5c6c(Oc7ccc(CCOC(=O)C(=C)C)cc7)cc7c8c(cc(Oc9ccc(CCOC(=O)C(=C)C)cc9)c(c2c45)c86)C(=O)N(C(CC(C)C)C(=O)NCCC)C7=O)C(=O)N(C(CC(C)C)C(=O)NCCC)C3=O)cc1. The van der Waals surface area contributed by atoms with Gasteiger partial charge in [-0.2, -0.15) is 0 Å². The molecule has 0 radical (unpaired) electrons. The summed E-state index contributed by atoms with van der Waals surface area (Å²) in [5, 5.41) is 7.13. The normalized spacial score (nSPS) is 13.0. The minimum Gasteiger partial charge on any atom is -0.462 e.